The van der Waals surface area contributed by atoms with Gasteiger partial charge in [-0.2, -0.15) is 0 Å². The number of hydrogen-bond donors (Lipinski definition) is 2. The maximum atomic E-state index is 11.3. The molecule has 1 fully saturated rings. The Labute approximate surface area is 163 Å². The standard InChI is InChI=1S/C20H25N3O3S/c1-14(24)21-20-22-17(13-27-20)18-12-16(15-6-3-2-4-7-15)9-11-23(18)10-5-8-19(25)26/h2-4,6-7,13,16,18H,5,8-12H2,1H3,(H,25,26)(H,21,22,24). The maximum absolute atomic E-state index is 11.3. The molecule has 1 saturated heterocycles. The number of carboxylic acid groups (broad SMARTS) is 1. The van der Waals surface area contributed by atoms with Crippen LogP contribution in [-0.2, 0) is 9.59 Å². The van der Waals surface area contributed by atoms with Gasteiger partial charge in [-0.15, -0.1) is 11.3 Å². The molecule has 3 rings (SSSR count). The van der Waals surface area contributed by atoms with Crippen LogP contribution in [0.3, 0.4) is 0 Å². The molecular weight excluding hydrogens is 362 g/mol. The van der Waals surface area contributed by atoms with Gasteiger partial charge in [0.1, 0.15) is 0 Å². The van der Waals surface area contributed by atoms with Crippen molar-refractivity contribution in [1.29, 1.82) is 0 Å². The van der Waals surface area contributed by atoms with Gasteiger partial charge in [-0.05, 0) is 43.8 Å². The molecule has 2 aromatic rings. The van der Waals surface area contributed by atoms with E-state index in [0.717, 1.165) is 31.6 Å². The molecule has 7 heteroatoms. The summed E-state index contributed by atoms with van der Waals surface area (Å²) in [7, 11) is 0. The number of amides is 1. The summed E-state index contributed by atoms with van der Waals surface area (Å²) in [5.74, 6) is -0.426. The second kappa shape index (κ2) is 9.10. The molecule has 1 amide bonds. The Kier molecular flexibility index (Phi) is 6.58. The highest BCUT2D eigenvalue weighted by atomic mass is 32.1. The maximum Gasteiger partial charge on any atom is 0.303 e. The Morgan fingerprint density at radius 2 is 2.11 bits per heavy atom. The van der Waals surface area contributed by atoms with Gasteiger partial charge in [0.05, 0.1) is 11.7 Å². The van der Waals surface area contributed by atoms with Gasteiger partial charge in [0.2, 0.25) is 5.91 Å². The summed E-state index contributed by atoms with van der Waals surface area (Å²) in [5.41, 5.74) is 2.30. The Morgan fingerprint density at radius 3 is 2.81 bits per heavy atom. The minimum absolute atomic E-state index is 0.125. The quantitative estimate of drug-likeness (QED) is 0.753. The molecule has 1 aliphatic heterocycles. The van der Waals surface area contributed by atoms with Crippen molar-refractivity contribution in [2.45, 2.75) is 44.6 Å². The normalized spacial score (nSPS) is 20.3. The molecule has 2 atom stereocenters. The Hall–Kier alpha value is -2.25. The first kappa shape index (κ1) is 19.5. The summed E-state index contributed by atoms with van der Waals surface area (Å²) in [6, 6.07) is 10.7. The van der Waals surface area contributed by atoms with Crippen molar-refractivity contribution in [3.63, 3.8) is 0 Å². The van der Waals surface area contributed by atoms with Crippen molar-refractivity contribution in [3.8, 4) is 0 Å². The van der Waals surface area contributed by atoms with E-state index in [1.807, 2.05) is 11.4 Å². The summed E-state index contributed by atoms with van der Waals surface area (Å²) in [6.45, 7) is 3.13. The van der Waals surface area contributed by atoms with E-state index < -0.39 is 5.97 Å². The van der Waals surface area contributed by atoms with Gasteiger partial charge in [0.15, 0.2) is 5.13 Å². The summed E-state index contributed by atoms with van der Waals surface area (Å²) >= 11 is 1.44. The van der Waals surface area contributed by atoms with Crippen LogP contribution in [-0.4, -0.2) is 40.0 Å². The zero-order valence-electron chi connectivity index (χ0n) is 15.4. The molecule has 1 aromatic heterocycles. The Bertz CT molecular complexity index is 778. The fourth-order valence-electron chi connectivity index (χ4n) is 3.70. The lowest BCUT2D eigenvalue weighted by atomic mass is 9.84. The van der Waals surface area contributed by atoms with Crippen LogP contribution in [0, 0.1) is 0 Å². The van der Waals surface area contributed by atoms with Crippen LogP contribution in [0.5, 0.6) is 0 Å². The lowest BCUT2D eigenvalue weighted by molar-refractivity contribution is -0.137. The molecule has 2 heterocycles. The first-order valence-electron chi connectivity index (χ1n) is 9.26. The van der Waals surface area contributed by atoms with E-state index in [2.05, 4.69) is 39.5 Å². The minimum atomic E-state index is -0.757. The molecule has 144 valence electrons. The van der Waals surface area contributed by atoms with Gasteiger partial charge in [-0.3, -0.25) is 14.5 Å². The van der Waals surface area contributed by atoms with Crippen molar-refractivity contribution in [2.75, 3.05) is 18.4 Å². The van der Waals surface area contributed by atoms with Crippen LogP contribution in [0.2, 0.25) is 0 Å². The fraction of sp³-hybridized carbons (Fsp3) is 0.450. The zero-order valence-corrected chi connectivity index (χ0v) is 16.2. The van der Waals surface area contributed by atoms with E-state index in [1.165, 1.54) is 23.8 Å². The first-order chi connectivity index (χ1) is 13.0. The molecule has 0 radical (unpaired) electrons. The van der Waals surface area contributed by atoms with Crippen LogP contribution in [0.4, 0.5) is 5.13 Å². The highest BCUT2D eigenvalue weighted by molar-refractivity contribution is 7.13. The average molecular weight is 388 g/mol. The number of piperidine rings is 1. The largest absolute Gasteiger partial charge is 0.481 e. The Morgan fingerprint density at radius 1 is 1.33 bits per heavy atom. The average Bonchev–Trinajstić information content (AvgIpc) is 3.10. The predicted molar refractivity (Wildman–Crippen MR) is 106 cm³/mol. The van der Waals surface area contributed by atoms with E-state index in [0.29, 0.717) is 17.5 Å². The number of carbonyl (C=O) groups is 2. The molecule has 2 unspecified atom stereocenters. The van der Waals surface area contributed by atoms with Gasteiger partial charge in [-0.25, -0.2) is 4.98 Å². The molecule has 6 nitrogen and oxygen atoms in total. The third-order valence-corrected chi connectivity index (χ3v) is 5.74. The molecule has 27 heavy (non-hydrogen) atoms. The molecule has 0 bridgehead atoms. The van der Waals surface area contributed by atoms with Crippen molar-refractivity contribution < 1.29 is 14.7 Å². The summed E-state index contributed by atoms with van der Waals surface area (Å²) in [6.07, 6.45) is 2.81. The lowest BCUT2D eigenvalue weighted by Crippen LogP contribution is -2.37. The number of benzene rings is 1. The first-order valence-corrected chi connectivity index (χ1v) is 10.1. The molecule has 1 aliphatic rings. The second-order valence-corrected chi connectivity index (χ2v) is 7.80. The van der Waals surface area contributed by atoms with Crippen LogP contribution in [0.15, 0.2) is 35.7 Å². The number of hydrogen-bond acceptors (Lipinski definition) is 5. The Balaban J connectivity index is 1.76. The number of anilines is 1. The number of rotatable bonds is 7. The number of nitrogens with one attached hydrogen (secondary N) is 1. The van der Waals surface area contributed by atoms with E-state index in [9.17, 15) is 9.59 Å². The van der Waals surface area contributed by atoms with Gasteiger partial charge in [0.25, 0.3) is 0 Å². The third kappa shape index (κ3) is 5.37. The number of thiazole rings is 1. The number of aromatic nitrogens is 1. The van der Waals surface area contributed by atoms with Crippen LogP contribution < -0.4 is 5.32 Å². The lowest BCUT2D eigenvalue weighted by Gasteiger charge is -2.39. The number of likely N-dealkylation sites (tertiary alicyclic amines) is 1. The smallest absolute Gasteiger partial charge is 0.303 e. The highest BCUT2D eigenvalue weighted by Crippen LogP contribution is 2.40. The van der Waals surface area contributed by atoms with Gasteiger partial charge >= 0.3 is 5.97 Å². The molecule has 1 aromatic carbocycles. The summed E-state index contributed by atoms with van der Waals surface area (Å²) in [4.78, 5) is 29.1. The number of carboxylic acids is 1. The molecular formula is C20H25N3O3S. The van der Waals surface area contributed by atoms with Crippen molar-refractivity contribution in [2.24, 2.45) is 0 Å². The zero-order chi connectivity index (χ0) is 19.2. The fourth-order valence-corrected chi connectivity index (χ4v) is 4.50. The van der Waals surface area contributed by atoms with Gasteiger partial charge in [0, 0.05) is 18.7 Å². The predicted octanol–water partition coefficient (Wildman–Crippen LogP) is 3.89. The monoisotopic (exact) mass is 387 g/mol. The van der Waals surface area contributed by atoms with Crippen LogP contribution in [0.25, 0.3) is 0 Å². The van der Waals surface area contributed by atoms with E-state index in [-0.39, 0.29) is 18.4 Å². The van der Waals surface area contributed by atoms with Gasteiger partial charge < -0.3 is 10.4 Å². The molecule has 0 spiro atoms. The summed E-state index contributed by atoms with van der Waals surface area (Å²) in [5, 5.41) is 14.3. The van der Waals surface area contributed by atoms with E-state index in [4.69, 9.17) is 5.11 Å². The SMILES string of the molecule is CC(=O)Nc1nc(C2CC(c3ccccc3)CCN2CCCC(=O)O)cs1. The number of aliphatic carboxylic acids is 1. The van der Waals surface area contributed by atoms with Crippen LogP contribution in [0.1, 0.15) is 55.8 Å². The topological polar surface area (TPSA) is 82.5 Å². The highest BCUT2D eigenvalue weighted by Gasteiger charge is 2.31. The van der Waals surface area contributed by atoms with Gasteiger partial charge in [-0.1, -0.05) is 30.3 Å². The number of nitrogens with zero attached hydrogens (tertiary/aromatic N) is 2. The van der Waals surface area contributed by atoms with Crippen LogP contribution >= 0.6 is 11.3 Å². The molecule has 0 aliphatic carbocycles. The second-order valence-electron chi connectivity index (χ2n) is 6.94. The van der Waals surface area contributed by atoms with E-state index >= 15 is 0 Å². The van der Waals surface area contributed by atoms with Crippen molar-refractivity contribution in [1.82, 2.24) is 9.88 Å². The minimum Gasteiger partial charge on any atom is -0.481 e. The molecule has 0 saturated carbocycles. The van der Waals surface area contributed by atoms with Crippen molar-refractivity contribution in [3.05, 3.63) is 47.0 Å². The summed E-state index contributed by atoms with van der Waals surface area (Å²) < 4.78 is 0. The van der Waals surface area contributed by atoms with Crippen molar-refractivity contribution >= 4 is 28.3 Å². The molecule has 2 N–H and O–H groups in total. The number of carbonyl (C=O) groups excluding carboxylic acids is 1. The third-order valence-electron chi connectivity index (χ3n) is 4.97. The van der Waals surface area contributed by atoms with E-state index in [1.54, 1.807) is 0 Å².